The molecule has 1 fully saturated rings. The van der Waals surface area contributed by atoms with E-state index in [1.54, 1.807) is 11.0 Å². The molecule has 30 heavy (non-hydrogen) atoms. The molecule has 1 aliphatic rings. The summed E-state index contributed by atoms with van der Waals surface area (Å²) >= 11 is 0. The zero-order valence-electron chi connectivity index (χ0n) is 16.5. The topological polar surface area (TPSA) is 77.4 Å². The van der Waals surface area contributed by atoms with Gasteiger partial charge in [-0.25, -0.2) is 4.79 Å². The maximum Gasteiger partial charge on any atom is 0.321 e. The summed E-state index contributed by atoms with van der Waals surface area (Å²) in [5, 5.41) is 15.2. The van der Waals surface area contributed by atoms with Crippen LogP contribution in [0.5, 0.6) is 5.75 Å². The van der Waals surface area contributed by atoms with Crippen molar-refractivity contribution in [2.24, 2.45) is 0 Å². The Hall–Kier alpha value is -3.98. The average molecular weight is 398 g/mol. The van der Waals surface area contributed by atoms with Crippen LogP contribution in [0.3, 0.4) is 0 Å². The van der Waals surface area contributed by atoms with Crippen molar-refractivity contribution >= 4 is 17.4 Å². The molecule has 0 unspecified atom stereocenters. The van der Waals surface area contributed by atoms with Crippen molar-refractivity contribution in [2.45, 2.75) is 13.2 Å². The first-order valence-corrected chi connectivity index (χ1v) is 9.81. The van der Waals surface area contributed by atoms with Crippen LogP contribution in [-0.4, -0.2) is 19.1 Å². The highest BCUT2D eigenvalue weighted by molar-refractivity contribution is 5.94. The number of ether oxygens (including phenoxy) is 1. The first-order valence-electron chi connectivity index (χ1n) is 9.81. The zero-order chi connectivity index (χ0) is 20.8. The minimum Gasteiger partial charge on any atom is -0.489 e. The molecule has 0 aromatic heterocycles. The van der Waals surface area contributed by atoms with Gasteiger partial charge in [-0.2, -0.15) is 5.26 Å². The fourth-order valence-electron chi connectivity index (χ4n) is 3.32. The first-order chi connectivity index (χ1) is 14.7. The van der Waals surface area contributed by atoms with Gasteiger partial charge in [-0.3, -0.25) is 4.90 Å². The van der Waals surface area contributed by atoms with E-state index in [9.17, 15) is 4.79 Å². The van der Waals surface area contributed by atoms with E-state index in [0.717, 1.165) is 28.3 Å². The number of nitrogens with one attached hydrogen (secondary N) is 2. The predicted molar refractivity (Wildman–Crippen MR) is 116 cm³/mol. The number of nitrogens with zero attached hydrogens (tertiary/aromatic N) is 2. The van der Waals surface area contributed by atoms with Crippen LogP contribution in [-0.2, 0) is 13.2 Å². The number of hydrogen-bond donors (Lipinski definition) is 2. The van der Waals surface area contributed by atoms with Crippen molar-refractivity contribution in [3.8, 4) is 11.8 Å². The summed E-state index contributed by atoms with van der Waals surface area (Å²) in [6, 6.07) is 25.3. The van der Waals surface area contributed by atoms with Crippen LogP contribution in [0.4, 0.5) is 16.2 Å². The van der Waals surface area contributed by atoms with Crippen LogP contribution >= 0.6 is 0 Å². The molecule has 0 saturated carbocycles. The third-order valence-electron chi connectivity index (χ3n) is 4.89. The van der Waals surface area contributed by atoms with E-state index in [-0.39, 0.29) is 6.03 Å². The van der Waals surface area contributed by atoms with Crippen LogP contribution in [0, 0.1) is 11.3 Å². The van der Waals surface area contributed by atoms with E-state index in [1.165, 1.54) is 0 Å². The van der Waals surface area contributed by atoms with E-state index < -0.39 is 0 Å². The number of rotatable bonds is 7. The Morgan fingerprint density at radius 3 is 2.60 bits per heavy atom. The second-order valence-electron chi connectivity index (χ2n) is 7.03. The molecule has 0 spiro atoms. The van der Waals surface area contributed by atoms with Gasteiger partial charge in [-0.05, 0) is 59.7 Å². The number of urea groups is 1. The summed E-state index contributed by atoms with van der Waals surface area (Å²) in [5.74, 6) is 0.784. The smallest absolute Gasteiger partial charge is 0.321 e. The minimum absolute atomic E-state index is 0.0492. The molecule has 0 bridgehead atoms. The van der Waals surface area contributed by atoms with Gasteiger partial charge in [0.25, 0.3) is 0 Å². The fourth-order valence-corrected chi connectivity index (χ4v) is 3.32. The highest BCUT2D eigenvalue weighted by Crippen LogP contribution is 2.21. The number of nitriles is 1. The number of carbonyl (C=O) groups excluding carboxylic acids is 1. The number of carbonyl (C=O) groups is 1. The van der Waals surface area contributed by atoms with Gasteiger partial charge in [-0.1, -0.05) is 24.3 Å². The average Bonchev–Trinajstić information content (AvgIpc) is 3.23. The molecule has 0 aliphatic carbocycles. The van der Waals surface area contributed by atoms with Crippen LogP contribution in [0.25, 0.3) is 0 Å². The SMILES string of the molecule is N#Cc1cccc(COc2cccc(CNc3ccc(N4CCNC4=O)cc3)c2)c1. The van der Waals surface area contributed by atoms with Crippen molar-refractivity contribution < 1.29 is 9.53 Å². The van der Waals surface area contributed by atoms with Gasteiger partial charge in [0.05, 0.1) is 11.6 Å². The molecule has 6 heteroatoms. The first kappa shape index (κ1) is 19.3. The predicted octanol–water partition coefficient (Wildman–Crippen LogP) is 4.28. The van der Waals surface area contributed by atoms with Crippen LogP contribution < -0.4 is 20.3 Å². The highest BCUT2D eigenvalue weighted by Gasteiger charge is 2.20. The summed E-state index contributed by atoms with van der Waals surface area (Å²) in [4.78, 5) is 13.5. The van der Waals surface area contributed by atoms with Gasteiger partial charge in [0.15, 0.2) is 0 Å². The maximum absolute atomic E-state index is 11.8. The maximum atomic E-state index is 11.8. The second-order valence-corrected chi connectivity index (χ2v) is 7.03. The number of anilines is 2. The van der Waals surface area contributed by atoms with E-state index in [1.807, 2.05) is 66.7 Å². The highest BCUT2D eigenvalue weighted by atomic mass is 16.5. The van der Waals surface area contributed by atoms with Crippen LogP contribution in [0.1, 0.15) is 16.7 Å². The fraction of sp³-hybridized carbons (Fsp3) is 0.167. The largest absolute Gasteiger partial charge is 0.489 e. The van der Waals surface area contributed by atoms with Crippen molar-refractivity contribution in [3.63, 3.8) is 0 Å². The number of benzene rings is 3. The molecule has 0 radical (unpaired) electrons. The molecule has 1 aliphatic heterocycles. The summed E-state index contributed by atoms with van der Waals surface area (Å²) in [7, 11) is 0. The minimum atomic E-state index is -0.0492. The van der Waals surface area contributed by atoms with E-state index >= 15 is 0 Å². The van der Waals surface area contributed by atoms with Crippen molar-refractivity contribution in [1.82, 2.24) is 5.32 Å². The Kier molecular flexibility index (Phi) is 5.81. The third-order valence-corrected chi connectivity index (χ3v) is 4.89. The van der Waals surface area contributed by atoms with Crippen LogP contribution in [0.2, 0.25) is 0 Å². The Balaban J connectivity index is 1.33. The van der Waals surface area contributed by atoms with E-state index in [0.29, 0.717) is 31.8 Å². The standard InChI is InChI=1S/C24H22N4O2/c25-15-18-3-1-5-20(13-18)17-30-23-6-2-4-19(14-23)16-27-21-7-9-22(10-8-21)28-12-11-26-24(28)29/h1-10,13-14,27H,11-12,16-17H2,(H,26,29). The molecule has 3 aromatic rings. The van der Waals surface area contributed by atoms with Gasteiger partial charge in [0.1, 0.15) is 12.4 Å². The molecule has 4 rings (SSSR count). The van der Waals surface area contributed by atoms with Gasteiger partial charge >= 0.3 is 6.03 Å². The molecule has 6 nitrogen and oxygen atoms in total. The van der Waals surface area contributed by atoms with E-state index in [4.69, 9.17) is 10.00 Å². The van der Waals surface area contributed by atoms with Crippen molar-refractivity contribution in [3.05, 3.63) is 89.5 Å². The molecule has 2 amide bonds. The molecule has 1 heterocycles. The van der Waals surface area contributed by atoms with Gasteiger partial charge < -0.3 is 15.4 Å². The Morgan fingerprint density at radius 1 is 1.03 bits per heavy atom. The molecule has 1 saturated heterocycles. The molecule has 0 atom stereocenters. The number of hydrogen-bond acceptors (Lipinski definition) is 4. The third kappa shape index (κ3) is 4.70. The Labute approximate surface area is 175 Å². The van der Waals surface area contributed by atoms with Crippen LogP contribution in [0.15, 0.2) is 72.8 Å². The molecular formula is C24H22N4O2. The lowest BCUT2D eigenvalue weighted by Gasteiger charge is -2.15. The second kappa shape index (κ2) is 9.01. The lowest BCUT2D eigenvalue weighted by Crippen LogP contribution is -2.27. The monoisotopic (exact) mass is 398 g/mol. The lowest BCUT2D eigenvalue weighted by molar-refractivity contribution is 0.252. The molecular weight excluding hydrogens is 376 g/mol. The summed E-state index contributed by atoms with van der Waals surface area (Å²) in [5.41, 5.74) is 4.57. The van der Waals surface area contributed by atoms with Crippen molar-refractivity contribution in [2.75, 3.05) is 23.3 Å². The zero-order valence-corrected chi connectivity index (χ0v) is 16.5. The lowest BCUT2D eigenvalue weighted by atomic mass is 10.1. The van der Waals surface area contributed by atoms with Crippen molar-refractivity contribution in [1.29, 1.82) is 5.26 Å². The molecule has 3 aromatic carbocycles. The van der Waals surface area contributed by atoms with Gasteiger partial charge in [0, 0.05) is 31.0 Å². The Morgan fingerprint density at radius 2 is 1.83 bits per heavy atom. The van der Waals surface area contributed by atoms with E-state index in [2.05, 4.69) is 16.7 Å². The Bertz CT molecular complexity index is 1070. The molecule has 150 valence electrons. The quantitative estimate of drug-likeness (QED) is 0.623. The van der Waals surface area contributed by atoms with Gasteiger partial charge in [0.2, 0.25) is 0 Å². The molecule has 2 N–H and O–H groups in total. The summed E-state index contributed by atoms with van der Waals surface area (Å²) < 4.78 is 5.89. The summed E-state index contributed by atoms with van der Waals surface area (Å²) in [6.07, 6.45) is 0. The van der Waals surface area contributed by atoms with Gasteiger partial charge in [-0.15, -0.1) is 0 Å². The summed E-state index contributed by atoms with van der Waals surface area (Å²) in [6.45, 7) is 2.45. The normalized spacial score (nSPS) is 12.9. The number of amides is 2.